The Balaban J connectivity index is 2.93. The smallest absolute Gasteiger partial charge is 0.177 e. The van der Waals surface area contributed by atoms with Crippen LogP contribution in [0.4, 0.5) is 0 Å². The van der Waals surface area contributed by atoms with E-state index in [2.05, 4.69) is 4.65 Å². The first kappa shape index (κ1) is 11.8. The molecule has 80 valence electrons. The Labute approximate surface area is 91.0 Å². The van der Waals surface area contributed by atoms with Gasteiger partial charge in [-0.1, -0.05) is 0 Å². The molecule has 0 atom stereocenters. The Bertz CT molecular complexity index is 368. The van der Waals surface area contributed by atoms with Crippen LogP contribution in [0.15, 0.2) is 18.2 Å². The number of Topliss-reactive ketones (excluding diaryl/α,β-unsaturated/α-hetero) is 1. The van der Waals surface area contributed by atoms with Crippen LogP contribution in [0.3, 0.4) is 0 Å². The van der Waals surface area contributed by atoms with E-state index in [9.17, 15) is 19.9 Å². The first-order chi connectivity index (χ1) is 7.04. The predicted octanol–water partition coefficient (Wildman–Crippen LogP) is -1.10. The molecule has 0 aliphatic rings. The molecule has 0 radical (unpaired) electrons. The van der Waals surface area contributed by atoms with Crippen molar-refractivity contribution in [2.75, 3.05) is 5.88 Å². The summed E-state index contributed by atoms with van der Waals surface area (Å²) in [5.41, 5.74) is 0.184. The SMILES string of the molecule is O=C(CCl)c1ccc(OB([O-])[O-])c(O)c1. The summed E-state index contributed by atoms with van der Waals surface area (Å²) >= 11 is 5.30. The van der Waals surface area contributed by atoms with Gasteiger partial charge in [-0.2, -0.15) is 0 Å². The van der Waals surface area contributed by atoms with Crippen molar-refractivity contribution in [3.8, 4) is 11.5 Å². The van der Waals surface area contributed by atoms with Crippen LogP contribution >= 0.6 is 11.6 Å². The van der Waals surface area contributed by atoms with Gasteiger partial charge in [0.25, 0.3) is 0 Å². The summed E-state index contributed by atoms with van der Waals surface area (Å²) in [6.07, 6.45) is 0. The quantitative estimate of drug-likeness (QED) is 0.401. The lowest BCUT2D eigenvalue weighted by atomic mass is 10.1. The Hall–Kier alpha value is -1.24. The monoisotopic (exact) mass is 228 g/mol. The summed E-state index contributed by atoms with van der Waals surface area (Å²) in [7, 11) is -2.52. The number of carbonyl (C=O) groups excluding carboxylic acids is 1. The topological polar surface area (TPSA) is 92.7 Å². The van der Waals surface area contributed by atoms with E-state index < -0.39 is 13.1 Å². The largest absolute Gasteiger partial charge is 0.860 e. The van der Waals surface area contributed by atoms with Crippen molar-refractivity contribution in [3.05, 3.63) is 23.8 Å². The van der Waals surface area contributed by atoms with Crippen LogP contribution in [0.25, 0.3) is 0 Å². The van der Waals surface area contributed by atoms with E-state index >= 15 is 0 Å². The van der Waals surface area contributed by atoms with E-state index in [1.165, 1.54) is 6.07 Å². The van der Waals surface area contributed by atoms with Crippen molar-refractivity contribution in [1.29, 1.82) is 0 Å². The molecule has 0 aromatic heterocycles. The maximum atomic E-state index is 11.1. The van der Waals surface area contributed by atoms with E-state index in [0.717, 1.165) is 12.1 Å². The molecule has 15 heavy (non-hydrogen) atoms. The third-order valence-electron chi connectivity index (χ3n) is 1.63. The third-order valence-corrected chi connectivity index (χ3v) is 1.87. The number of ketones is 1. The molecular weight excluding hydrogens is 222 g/mol. The minimum absolute atomic E-state index is 0.184. The van der Waals surface area contributed by atoms with Gasteiger partial charge < -0.3 is 19.8 Å². The Morgan fingerprint density at radius 3 is 2.67 bits per heavy atom. The van der Waals surface area contributed by atoms with Gasteiger partial charge in [-0.25, -0.2) is 0 Å². The highest BCUT2D eigenvalue weighted by molar-refractivity contribution is 6.30. The Morgan fingerprint density at radius 1 is 1.53 bits per heavy atom. The van der Waals surface area contributed by atoms with Gasteiger partial charge in [-0.15, -0.1) is 11.6 Å². The number of halogens is 1. The summed E-state index contributed by atoms with van der Waals surface area (Å²) in [5, 5.41) is 29.6. The van der Waals surface area contributed by atoms with Crippen LogP contribution in [-0.2, 0) is 0 Å². The molecule has 7 heteroatoms. The summed E-state index contributed by atoms with van der Waals surface area (Å²) < 4.78 is 4.21. The van der Waals surface area contributed by atoms with Gasteiger partial charge in [-0.3, -0.25) is 4.79 Å². The highest BCUT2D eigenvalue weighted by Crippen LogP contribution is 2.26. The van der Waals surface area contributed by atoms with Gasteiger partial charge in [0, 0.05) is 5.56 Å². The van der Waals surface area contributed by atoms with Gasteiger partial charge in [0.1, 0.15) is 13.1 Å². The average Bonchev–Trinajstić information content (AvgIpc) is 2.19. The summed E-state index contributed by atoms with van der Waals surface area (Å²) in [4.78, 5) is 11.1. The number of rotatable bonds is 4. The van der Waals surface area contributed by atoms with E-state index in [1.807, 2.05) is 0 Å². The van der Waals surface area contributed by atoms with E-state index in [-0.39, 0.29) is 23.0 Å². The van der Waals surface area contributed by atoms with E-state index in [4.69, 9.17) is 11.6 Å². The van der Waals surface area contributed by atoms with Crippen molar-refractivity contribution in [3.63, 3.8) is 0 Å². The molecule has 1 aromatic carbocycles. The van der Waals surface area contributed by atoms with Crippen molar-refractivity contribution >= 4 is 24.7 Å². The molecule has 1 N–H and O–H groups in total. The fourth-order valence-electron chi connectivity index (χ4n) is 0.971. The van der Waals surface area contributed by atoms with Crippen molar-refractivity contribution < 1.29 is 24.6 Å². The lowest BCUT2D eigenvalue weighted by molar-refractivity contribution is -0.372. The van der Waals surface area contributed by atoms with Gasteiger partial charge >= 0.3 is 0 Å². The van der Waals surface area contributed by atoms with Crippen molar-refractivity contribution in [1.82, 2.24) is 0 Å². The first-order valence-electron chi connectivity index (χ1n) is 3.95. The Morgan fingerprint density at radius 2 is 2.20 bits per heavy atom. The van der Waals surface area contributed by atoms with Crippen LogP contribution in [-0.4, -0.2) is 24.1 Å². The lowest BCUT2D eigenvalue weighted by Gasteiger charge is -2.27. The maximum Gasteiger partial charge on any atom is 0.177 e. The van der Waals surface area contributed by atoms with Crippen molar-refractivity contribution in [2.45, 2.75) is 0 Å². The molecule has 1 aromatic rings. The van der Waals surface area contributed by atoms with Crippen LogP contribution in [0.2, 0.25) is 0 Å². The molecule has 0 spiro atoms. The number of phenolic OH excluding ortho intramolecular Hbond substituents is 1. The van der Waals surface area contributed by atoms with Crippen LogP contribution < -0.4 is 14.7 Å². The van der Waals surface area contributed by atoms with E-state index in [0.29, 0.717) is 0 Å². The van der Waals surface area contributed by atoms with Crippen LogP contribution in [0, 0.1) is 0 Å². The number of benzene rings is 1. The zero-order chi connectivity index (χ0) is 11.4. The predicted molar refractivity (Wildman–Crippen MR) is 49.5 cm³/mol. The summed E-state index contributed by atoms with van der Waals surface area (Å²) in [6, 6.07) is 3.56. The van der Waals surface area contributed by atoms with E-state index in [1.54, 1.807) is 0 Å². The number of hydrogen-bond acceptors (Lipinski definition) is 5. The zero-order valence-corrected chi connectivity index (χ0v) is 8.23. The van der Waals surface area contributed by atoms with Gasteiger partial charge in [0.2, 0.25) is 0 Å². The molecule has 0 saturated carbocycles. The normalized spacial score (nSPS) is 9.80. The molecule has 0 saturated heterocycles. The molecule has 0 amide bonds. The number of carbonyl (C=O) groups is 1. The number of alkyl halides is 1. The van der Waals surface area contributed by atoms with Gasteiger partial charge in [0.05, 0.1) is 5.88 Å². The van der Waals surface area contributed by atoms with Gasteiger partial charge in [-0.05, 0) is 18.2 Å². The second-order valence-corrected chi connectivity index (χ2v) is 2.91. The number of hydrogen-bond donors (Lipinski definition) is 1. The average molecular weight is 228 g/mol. The third kappa shape index (κ3) is 3.12. The minimum Gasteiger partial charge on any atom is -0.860 e. The summed E-state index contributed by atoms with van der Waals surface area (Å²) in [6.45, 7) is 0. The summed E-state index contributed by atoms with van der Waals surface area (Å²) in [5.74, 6) is -1.29. The lowest BCUT2D eigenvalue weighted by Crippen LogP contribution is -2.50. The molecule has 5 nitrogen and oxygen atoms in total. The fourth-order valence-corrected chi connectivity index (χ4v) is 1.13. The van der Waals surface area contributed by atoms with Gasteiger partial charge in [0.15, 0.2) is 11.5 Å². The highest BCUT2D eigenvalue weighted by Gasteiger charge is 2.08. The van der Waals surface area contributed by atoms with Crippen LogP contribution in [0.5, 0.6) is 11.5 Å². The molecule has 0 aliphatic carbocycles. The number of aromatic hydroxyl groups is 1. The molecule has 0 heterocycles. The zero-order valence-electron chi connectivity index (χ0n) is 7.47. The molecule has 0 fully saturated rings. The molecule has 1 rings (SSSR count). The second kappa shape index (κ2) is 5.02. The molecular formula is C8H6BClO5-2. The molecule has 0 bridgehead atoms. The van der Waals surface area contributed by atoms with Crippen molar-refractivity contribution in [2.24, 2.45) is 0 Å². The first-order valence-corrected chi connectivity index (χ1v) is 4.48. The second-order valence-electron chi connectivity index (χ2n) is 2.65. The minimum atomic E-state index is -2.52. The fraction of sp³-hybridized carbons (Fsp3) is 0.125. The maximum absolute atomic E-state index is 11.1. The van der Waals surface area contributed by atoms with Crippen LogP contribution in [0.1, 0.15) is 10.4 Å². The standard InChI is InChI=1S/C8H6BClO5/c10-4-7(12)5-1-2-8(6(11)3-5)15-9(13)14/h1-3,11H,4H2/q-2. The molecule has 0 unspecified atom stereocenters. The number of phenols is 1. The molecule has 0 aliphatic heterocycles. The highest BCUT2D eigenvalue weighted by atomic mass is 35.5. The Kier molecular flexibility index (Phi) is 3.96.